The van der Waals surface area contributed by atoms with E-state index in [-0.39, 0.29) is 5.82 Å². The second-order valence-electron chi connectivity index (χ2n) is 2.60. The molecule has 4 heteroatoms. The van der Waals surface area contributed by atoms with Crippen LogP contribution >= 0.6 is 11.8 Å². The predicted octanol–water partition coefficient (Wildman–Crippen LogP) is 2.65. The van der Waals surface area contributed by atoms with Crippen LogP contribution in [0.4, 0.5) is 4.39 Å². The molecule has 2 nitrogen and oxygen atoms in total. The van der Waals surface area contributed by atoms with Crippen molar-refractivity contribution in [2.45, 2.75) is 4.90 Å². The number of hydrogen-bond acceptors (Lipinski definition) is 2. The molecule has 0 fully saturated rings. The molecular weight excluding hydrogens is 203 g/mol. The van der Waals surface area contributed by atoms with Crippen molar-refractivity contribution in [1.82, 2.24) is 0 Å². The van der Waals surface area contributed by atoms with Gasteiger partial charge in [-0.3, -0.25) is 0 Å². The summed E-state index contributed by atoms with van der Waals surface area (Å²) in [5, 5.41) is 8.38. The van der Waals surface area contributed by atoms with E-state index in [1.165, 1.54) is 30.0 Å². The monoisotopic (exact) mass is 212 g/mol. The topological polar surface area (TPSA) is 37.3 Å². The zero-order valence-electron chi connectivity index (χ0n) is 7.53. The van der Waals surface area contributed by atoms with Gasteiger partial charge < -0.3 is 5.11 Å². The average Bonchev–Trinajstić information content (AvgIpc) is 2.14. The minimum atomic E-state index is -1.04. The van der Waals surface area contributed by atoms with Crippen LogP contribution in [0.3, 0.4) is 0 Å². The first-order valence-corrected chi connectivity index (χ1v) is 5.10. The Morgan fingerprint density at radius 1 is 1.50 bits per heavy atom. The van der Waals surface area contributed by atoms with E-state index in [1.807, 2.05) is 6.26 Å². The van der Waals surface area contributed by atoms with Crippen LogP contribution < -0.4 is 0 Å². The van der Waals surface area contributed by atoms with Crippen LogP contribution in [0.25, 0.3) is 6.08 Å². The van der Waals surface area contributed by atoms with Crippen LogP contribution in [-0.4, -0.2) is 17.3 Å². The Balaban J connectivity index is 2.97. The van der Waals surface area contributed by atoms with E-state index >= 15 is 0 Å². The van der Waals surface area contributed by atoms with Gasteiger partial charge in [0.25, 0.3) is 0 Å². The van der Waals surface area contributed by atoms with Crippen LogP contribution in [0.1, 0.15) is 5.56 Å². The van der Waals surface area contributed by atoms with Gasteiger partial charge in [-0.2, -0.15) is 0 Å². The normalized spacial score (nSPS) is 10.7. The molecule has 0 atom stereocenters. The quantitative estimate of drug-likeness (QED) is 0.618. The molecule has 0 aliphatic carbocycles. The number of halogens is 1. The molecule has 74 valence electrons. The number of rotatable bonds is 3. The van der Waals surface area contributed by atoms with E-state index in [4.69, 9.17) is 5.11 Å². The first-order valence-electron chi connectivity index (χ1n) is 3.87. The molecule has 0 amide bonds. The van der Waals surface area contributed by atoms with Gasteiger partial charge in [0.05, 0.1) is 0 Å². The Morgan fingerprint density at radius 3 is 2.79 bits per heavy atom. The third kappa shape index (κ3) is 3.22. The van der Waals surface area contributed by atoms with Gasteiger partial charge >= 0.3 is 5.97 Å². The lowest BCUT2D eigenvalue weighted by Gasteiger charge is -1.98. The van der Waals surface area contributed by atoms with E-state index < -0.39 is 5.97 Å². The number of benzene rings is 1. The second-order valence-corrected chi connectivity index (χ2v) is 3.48. The van der Waals surface area contributed by atoms with Gasteiger partial charge in [-0.05, 0) is 36.1 Å². The minimum Gasteiger partial charge on any atom is -0.478 e. The molecular formula is C10H9FO2S. The fraction of sp³-hybridized carbons (Fsp3) is 0.100. The van der Waals surface area contributed by atoms with Crippen LogP contribution in [0.5, 0.6) is 0 Å². The van der Waals surface area contributed by atoms with Crippen LogP contribution in [0.15, 0.2) is 29.2 Å². The minimum absolute atomic E-state index is 0.359. The first-order chi connectivity index (χ1) is 6.61. The molecule has 0 aliphatic heterocycles. The van der Waals surface area contributed by atoms with Gasteiger partial charge in [-0.25, -0.2) is 9.18 Å². The summed E-state index contributed by atoms with van der Waals surface area (Å²) in [6.45, 7) is 0. The van der Waals surface area contributed by atoms with Crippen molar-refractivity contribution in [2.24, 2.45) is 0 Å². The summed E-state index contributed by atoms with van der Waals surface area (Å²) >= 11 is 1.41. The van der Waals surface area contributed by atoms with E-state index in [9.17, 15) is 9.18 Å². The average molecular weight is 212 g/mol. The van der Waals surface area contributed by atoms with Crippen LogP contribution in [0.2, 0.25) is 0 Å². The molecule has 0 radical (unpaired) electrons. The number of hydrogen-bond donors (Lipinski definition) is 1. The zero-order chi connectivity index (χ0) is 10.6. The molecule has 0 heterocycles. The maximum atomic E-state index is 12.9. The third-order valence-electron chi connectivity index (χ3n) is 1.55. The predicted molar refractivity (Wildman–Crippen MR) is 54.9 cm³/mol. The van der Waals surface area contributed by atoms with Crippen molar-refractivity contribution in [3.05, 3.63) is 35.7 Å². The third-order valence-corrected chi connectivity index (χ3v) is 2.25. The largest absolute Gasteiger partial charge is 0.478 e. The lowest BCUT2D eigenvalue weighted by molar-refractivity contribution is -0.131. The van der Waals surface area contributed by atoms with Crippen molar-refractivity contribution in [3.63, 3.8) is 0 Å². The highest BCUT2D eigenvalue weighted by Gasteiger charge is 1.97. The summed E-state index contributed by atoms with van der Waals surface area (Å²) in [6.07, 6.45) is 4.18. The molecule has 14 heavy (non-hydrogen) atoms. The smallest absolute Gasteiger partial charge is 0.328 e. The van der Waals surface area contributed by atoms with E-state index in [2.05, 4.69) is 0 Å². The molecule has 0 unspecified atom stereocenters. The van der Waals surface area contributed by atoms with Crippen molar-refractivity contribution in [2.75, 3.05) is 6.26 Å². The lowest BCUT2D eigenvalue weighted by Crippen LogP contribution is -1.86. The Bertz CT molecular complexity index is 374. The zero-order valence-corrected chi connectivity index (χ0v) is 8.34. The van der Waals surface area contributed by atoms with Crippen molar-refractivity contribution >= 4 is 23.8 Å². The Kier molecular flexibility index (Phi) is 3.71. The summed E-state index contributed by atoms with van der Waals surface area (Å²) in [7, 11) is 0. The van der Waals surface area contributed by atoms with Crippen LogP contribution in [-0.2, 0) is 4.79 Å². The molecule has 0 aliphatic rings. The Labute approximate surface area is 85.4 Å². The highest BCUT2D eigenvalue weighted by Crippen LogP contribution is 2.18. The summed E-state index contributed by atoms with van der Waals surface area (Å²) in [6, 6.07) is 4.43. The van der Waals surface area contributed by atoms with Gasteiger partial charge in [0.1, 0.15) is 5.82 Å². The maximum Gasteiger partial charge on any atom is 0.328 e. The molecule has 0 spiro atoms. The van der Waals surface area contributed by atoms with Gasteiger partial charge in [0, 0.05) is 11.0 Å². The summed E-state index contributed by atoms with van der Waals surface area (Å²) in [5.74, 6) is -1.40. The molecule has 0 saturated heterocycles. The van der Waals surface area contributed by atoms with Crippen molar-refractivity contribution in [3.8, 4) is 0 Å². The number of carboxylic acid groups (broad SMARTS) is 1. The Hall–Kier alpha value is -1.29. The molecule has 0 aromatic heterocycles. The van der Waals surface area contributed by atoms with Crippen molar-refractivity contribution in [1.29, 1.82) is 0 Å². The Morgan fingerprint density at radius 2 is 2.21 bits per heavy atom. The van der Waals surface area contributed by atoms with Crippen molar-refractivity contribution < 1.29 is 14.3 Å². The molecule has 1 aromatic rings. The highest BCUT2D eigenvalue weighted by atomic mass is 32.2. The molecule has 1 aromatic carbocycles. The fourth-order valence-corrected chi connectivity index (χ4v) is 1.45. The highest BCUT2D eigenvalue weighted by molar-refractivity contribution is 7.98. The molecule has 1 N–H and O–H groups in total. The number of thioether (sulfide) groups is 1. The van der Waals surface area contributed by atoms with Gasteiger partial charge in [-0.15, -0.1) is 11.8 Å². The standard InChI is InChI=1S/C10H9FO2S/c1-14-9-5-7(2-3-10(12)13)4-8(11)6-9/h2-6H,1H3,(H,12,13). The summed E-state index contributed by atoms with van der Waals surface area (Å²) in [5.41, 5.74) is 0.553. The molecule has 0 bridgehead atoms. The van der Waals surface area contributed by atoms with Gasteiger partial charge in [0.15, 0.2) is 0 Å². The number of aliphatic carboxylic acids is 1. The summed E-state index contributed by atoms with van der Waals surface area (Å²) in [4.78, 5) is 11.0. The first kappa shape index (κ1) is 10.8. The number of carboxylic acids is 1. The van der Waals surface area contributed by atoms with E-state index in [1.54, 1.807) is 6.07 Å². The van der Waals surface area contributed by atoms with Gasteiger partial charge in [0.2, 0.25) is 0 Å². The number of carbonyl (C=O) groups is 1. The van der Waals surface area contributed by atoms with Crippen LogP contribution in [0, 0.1) is 5.82 Å². The van der Waals surface area contributed by atoms with E-state index in [0.29, 0.717) is 5.56 Å². The maximum absolute atomic E-state index is 12.9. The van der Waals surface area contributed by atoms with E-state index in [0.717, 1.165) is 11.0 Å². The second kappa shape index (κ2) is 4.81. The lowest BCUT2D eigenvalue weighted by atomic mass is 10.2. The SMILES string of the molecule is CSc1cc(F)cc(C=CC(=O)O)c1. The molecule has 0 saturated carbocycles. The fourth-order valence-electron chi connectivity index (χ4n) is 0.966. The summed E-state index contributed by atoms with van der Waals surface area (Å²) < 4.78 is 12.9. The van der Waals surface area contributed by atoms with Gasteiger partial charge in [-0.1, -0.05) is 0 Å². The molecule has 1 rings (SSSR count).